The summed E-state index contributed by atoms with van der Waals surface area (Å²) in [6, 6.07) is 0.500. The molecule has 0 aromatic heterocycles. The average molecular weight is 272 g/mol. The first-order chi connectivity index (χ1) is 8.90. The smallest absolute Gasteiger partial charge is 0.407 e. The molecule has 1 amide bonds. The van der Waals surface area contributed by atoms with Gasteiger partial charge < -0.3 is 20.1 Å². The Bertz CT molecular complexity index is 270. The van der Waals surface area contributed by atoms with E-state index in [-0.39, 0.29) is 12.1 Å². The molecule has 0 aromatic carbocycles. The third-order valence-corrected chi connectivity index (χ3v) is 3.03. The minimum absolute atomic E-state index is 0.0942. The summed E-state index contributed by atoms with van der Waals surface area (Å²) < 4.78 is 10.7. The number of amides is 1. The number of ether oxygens (including phenoxy) is 2. The fourth-order valence-electron chi connectivity index (χ4n) is 1.98. The number of nitrogens with one attached hydrogen (secondary N) is 2. The highest BCUT2D eigenvalue weighted by Gasteiger charge is 2.20. The molecule has 2 atom stereocenters. The van der Waals surface area contributed by atoms with Crippen molar-refractivity contribution in [1.82, 2.24) is 10.6 Å². The predicted octanol–water partition coefficient (Wildman–Crippen LogP) is 2.06. The number of hydrogen-bond acceptors (Lipinski definition) is 4. The van der Waals surface area contributed by atoms with E-state index >= 15 is 0 Å². The zero-order valence-corrected chi connectivity index (χ0v) is 12.6. The Morgan fingerprint density at radius 1 is 1.47 bits per heavy atom. The predicted molar refractivity (Wildman–Crippen MR) is 75.3 cm³/mol. The first-order valence-corrected chi connectivity index (χ1v) is 7.21. The standard InChI is InChI=1S/C14H28N2O3/c1-5-11(16-13(17)19-14(2,3)4)9-15-12-7-6-8-18-10-12/h11-12,15H,5-10H2,1-4H3,(H,16,17). The van der Waals surface area contributed by atoms with E-state index in [0.29, 0.717) is 6.04 Å². The molecule has 1 heterocycles. The van der Waals surface area contributed by atoms with Crippen LogP contribution in [0.3, 0.4) is 0 Å². The molecule has 0 aromatic rings. The number of alkyl carbamates (subject to hydrolysis) is 1. The van der Waals surface area contributed by atoms with E-state index < -0.39 is 5.60 Å². The van der Waals surface area contributed by atoms with Crippen molar-refractivity contribution in [3.05, 3.63) is 0 Å². The van der Waals surface area contributed by atoms with Gasteiger partial charge in [-0.1, -0.05) is 6.92 Å². The summed E-state index contributed by atoms with van der Waals surface area (Å²) in [7, 11) is 0. The van der Waals surface area contributed by atoms with Gasteiger partial charge in [-0.2, -0.15) is 0 Å². The van der Waals surface area contributed by atoms with Crippen LogP contribution >= 0.6 is 0 Å². The maximum atomic E-state index is 11.7. The van der Waals surface area contributed by atoms with Gasteiger partial charge in [0.05, 0.1) is 6.61 Å². The van der Waals surface area contributed by atoms with Crippen molar-refractivity contribution in [1.29, 1.82) is 0 Å². The van der Waals surface area contributed by atoms with Crippen molar-refractivity contribution >= 4 is 6.09 Å². The number of hydrogen-bond donors (Lipinski definition) is 2. The van der Waals surface area contributed by atoms with Crippen LogP contribution in [-0.4, -0.2) is 43.5 Å². The summed E-state index contributed by atoms with van der Waals surface area (Å²) in [5.74, 6) is 0. The van der Waals surface area contributed by atoms with Crippen LogP contribution in [0.1, 0.15) is 47.0 Å². The monoisotopic (exact) mass is 272 g/mol. The molecular formula is C14H28N2O3. The minimum Gasteiger partial charge on any atom is -0.444 e. The van der Waals surface area contributed by atoms with E-state index in [4.69, 9.17) is 9.47 Å². The zero-order chi connectivity index (χ0) is 14.3. The summed E-state index contributed by atoms with van der Waals surface area (Å²) in [5, 5.41) is 6.34. The molecular weight excluding hydrogens is 244 g/mol. The summed E-state index contributed by atoms with van der Waals surface area (Å²) in [4.78, 5) is 11.7. The average Bonchev–Trinajstić information content (AvgIpc) is 2.33. The van der Waals surface area contributed by atoms with Crippen LogP contribution in [0.25, 0.3) is 0 Å². The number of carbonyl (C=O) groups is 1. The molecule has 1 aliphatic rings. The molecule has 19 heavy (non-hydrogen) atoms. The molecule has 1 aliphatic heterocycles. The number of rotatable bonds is 5. The Morgan fingerprint density at radius 3 is 2.74 bits per heavy atom. The van der Waals surface area contributed by atoms with E-state index in [0.717, 1.165) is 39.0 Å². The van der Waals surface area contributed by atoms with Gasteiger partial charge in [-0.25, -0.2) is 4.79 Å². The lowest BCUT2D eigenvalue weighted by Gasteiger charge is -2.27. The van der Waals surface area contributed by atoms with Crippen molar-refractivity contribution in [2.75, 3.05) is 19.8 Å². The third-order valence-electron chi connectivity index (χ3n) is 3.03. The van der Waals surface area contributed by atoms with Crippen molar-refractivity contribution in [2.45, 2.75) is 64.6 Å². The van der Waals surface area contributed by atoms with Crippen molar-refractivity contribution in [3.63, 3.8) is 0 Å². The van der Waals surface area contributed by atoms with E-state index in [1.807, 2.05) is 20.8 Å². The lowest BCUT2D eigenvalue weighted by atomic mass is 10.1. The molecule has 1 saturated heterocycles. The largest absolute Gasteiger partial charge is 0.444 e. The van der Waals surface area contributed by atoms with Crippen LogP contribution in [0.15, 0.2) is 0 Å². The Balaban J connectivity index is 2.26. The fourth-order valence-corrected chi connectivity index (χ4v) is 1.98. The van der Waals surface area contributed by atoms with E-state index in [9.17, 15) is 4.79 Å². The maximum absolute atomic E-state index is 11.7. The van der Waals surface area contributed by atoms with Gasteiger partial charge in [0, 0.05) is 25.2 Å². The molecule has 0 radical (unpaired) electrons. The molecule has 2 N–H and O–H groups in total. The second-order valence-corrected chi connectivity index (χ2v) is 6.07. The topological polar surface area (TPSA) is 59.6 Å². The highest BCUT2D eigenvalue weighted by Crippen LogP contribution is 2.08. The Morgan fingerprint density at radius 2 is 2.21 bits per heavy atom. The normalized spacial score (nSPS) is 21.8. The third kappa shape index (κ3) is 7.38. The van der Waals surface area contributed by atoms with Crippen molar-refractivity contribution in [2.24, 2.45) is 0 Å². The second kappa shape index (κ2) is 7.70. The van der Waals surface area contributed by atoms with Crippen molar-refractivity contribution < 1.29 is 14.3 Å². The minimum atomic E-state index is -0.451. The fraction of sp³-hybridized carbons (Fsp3) is 0.929. The SMILES string of the molecule is CCC(CNC1CCCOC1)NC(=O)OC(C)(C)C. The highest BCUT2D eigenvalue weighted by atomic mass is 16.6. The first-order valence-electron chi connectivity index (χ1n) is 7.21. The van der Waals surface area contributed by atoms with Gasteiger partial charge in [0.25, 0.3) is 0 Å². The summed E-state index contributed by atoms with van der Waals surface area (Å²) in [6.45, 7) is 10.0. The van der Waals surface area contributed by atoms with Gasteiger partial charge in [0.1, 0.15) is 5.60 Å². The molecule has 112 valence electrons. The Labute approximate surface area is 116 Å². The van der Waals surface area contributed by atoms with E-state index in [1.54, 1.807) is 0 Å². The lowest BCUT2D eigenvalue weighted by molar-refractivity contribution is 0.0492. The Hall–Kier alpha value is -0.810. The molecule has 0 aliphatic carbocycles. The molecule has 1 rings (SSSR count). The summed E-state index contributed by atoms with van der Waals surface area (Å²) >= 11 is 0. The van der Waals surface area contributed by atoms with E-state index in [2.05, 4.69) is 17.6 Å². The van der Waals surface area contributed by atoms with Gasteiger partial charge in [-0.3, -0.25) is 0 Å². The van der Waals surface area contributed by atoms with Gasteiger partial charge in [-0.15, -0.1) is 0 Å². The van der Waals surface area contributed by atoms with Gasteiger partial charge in [0.15, 0.2) is 0 Å². The number of carbonyl (C=O) groups excluding carboxylic acids is 1. The molecule has 2 unspecified atom stereocenters. The van der Waals surface area contributed by atoms with Gasteiger partial charge in [0.2, 0.25) is 0 Å². The van der Waals surface area contributed by atoms with E-state index in [1.165, 1.54) is 0 Å². The molecule has 0 bridgehead atoms. The summed E-state index contributed by atoms with van der Waals surface area (Å²) in [6.07, 6.45) is 2.78. The first kappa shape index (κ1) is 16.2. The quantitative estimate of drug-likeness (QED) is 0.804. The van der Waals surface area contributed by atoms with Gasteiger partial charge >= 0.3 is 6.09 Å². The summed E-state index contributed by atoms with van der Waals surface area (Å²) in [5.41, 5.74) is -0.451. The van der Waals surface area contributed by atoms with Crippen LogP contribution < -0.4 is 10.6 Å². The molecule has 0 spiro atoms. The van der Waals surface area contributed by atoms with Crippen LogP contribution in [0.4, 0.5) is 4.79 Å². The molecule has 5 heteroatoms. The maximum Gasteiger partial charge on any atom is 0.407 e. The van der Waals surface area contributed by atoms with Gasteiger partial charge in [-0.05, 0) is 40.0 Å². The molecule has 1 fully saturated rings. The van der Waals surface area contributed by atoms with Crippen LogP contribution in [0, 0.1) is 0 Å². The lowest BCUT2D eigenvalue weighted by Crippen LogP contribution is -2.47. The van der Waals surface area contributed by atoms with Crippen LogP contribution in [0.2, 0.25) is 0 Å². The van der Waals surface area contributed by atoms with Crippen molar-refractivity contribution in [3.8, 4) is 0 Å². The molecule has 0 saturated carbocycles. The second-order valence-electron chi connectivity index (χ2n) is 6.07. The zero-order valence-electron chi connectivity index (χ0n) is 12.6. The van der Waals surface area contributed by atoms with Crippen LogP contribution in [0.5, 0.6) is 0 Å². The van der Waals surface area contributed by atoms with Crippen LogP contribution in [-0.2, 0) is 9.47 Å². The Kier molecular flexibility index (Phi) is 6.58. The highest BCUT2D eigenvalue weighted by molar-refractivity contribution is 5.68. The molecule has 5 nitrogen and oxygen atoms in total.